The van der Waals surface area contributed by atoms with E-state index < -0.39 is 0 Å². The highest BCUT2D eigenvalue weighted by Gasteiger charge is 2.30. The first-order valence-corrected chi connectivity index (χ1v) is 30.7. The standard InChI is InChI=1S/C80H60N2O2/c1-3-19-51(20-4-1)67-47-57-25-11-13-27-61(57)75-65-29-15-31-71(77(65)83-79(67)75)81(59-39-33-49-17-7-9-23-55(49)45-59)69-43-37-53-36-42-64-70(44-38-54-35-41-63(69)73(53)74(54)64)82(60-40-34-50-18-8-10-24-56(50)46-60)72-32-16-30-66-76-62-28-14-12-26-58(62)48-68(80(76)84-78(66)72)52-21-5-2-6-22-52/h7-18,23-48,51-52H,1-6,19-22H2. The molecule has 0 amide bonds. The van der Waals surface area contributed by atoms with Gasteiger partial charge in [-0.1, -0.05) is 208 Å². The van der Waals surface area contributed by atoms with E-state index in [1.54, 1.807) is 0 Å². The maximum atomic E-state index is 7.52. The van der Waals surface area contributed by atoms with Gasteiger partial charge in [-0.15, -0.1) is 0 Å². The SMILES string of the molecule is c1ccc2cc(N(c3ccc4ccc5c(N(c6ccc7ccccc7c6)c6cccc7c6oc6c(C8CCCCC8)cc8ccccc8c67)ccc6ccc3c4c65)c3cccc4c3oc3c(C5CCCCC5)cc5ccccc5c34)ccc2c1. The van der Waals surface area contributed by atoms with Gasteiger partial charge in [0.05, 0.1) is 22.7 Å². The molecule has 0 N–H and O–H groups in total. The number of anilines is 6. The highest BCUT2D eigenvalue weighted by molar-refractivity contribution is 6.30. The van der Waals surface area contributed by atoms with E-state index in [4.69, 9.17) is 8.83 Å². The molecule has 2 heterocycles. The summed E-state index contributed by atoms with van der Waals surface area (Å²) in [4.78, 5) is 4.97. The van der Waals surface area contributed by atoms with Gasteiger partial charge in [0, 0.05) is 43.7 Å². The summed E-state index contributed by atoms with van der Waals surface area (Å²) in [7, 11) is 0. The molecular weight excluding hydrogens is 1020 g/mol. The van der Waals surface area contributed by atoms with Crippen molar-refractivity contribution in [2.75, 3.05) is 9.80 Å². The second kappa shape index (κ2) is 19.0. The monoisotopic (exact) mass is 1080 g/mol. The topological polar surface area (TPSA) is 32.8 Å². The highest BCUT2D eigenvalue weighted by Crippen LogP contribution is 2.53. The van der Waals surface area contributed by atoms with Crippen LogP contribution in [0.4, 0.5) is 34.1 Å². The Morgan fingerprint density at radius 2 is 0.631 bits per heavy atom. The van der Waals surface area contributed by atoms with Crippen molar-refractivity contribution >= 4 is 153 Å². The molecule has 0 aliphatic heterocycles. The smallest absolute Gasteiger partial charge is 0.159 e. The molecule has 0 spiro atoms. The molecular formula is C80H60N2O2. The quantitative estimate of drug-likeness (QED) is 0.142. The molecule has 0 radical (unpaired) electrons. The third-order valence-electron chi connectivity index (χ3n) is 19.7. The minimum absolute atomic E-state index is 0.470. The molecule has 2 aliphatic rings. The first-order chi connectivity index (χ1) is 41.7. The zero-order chi connectivity index (χ0) is 55.0. The van der Waals surface area contributed by atoms with E-state index in [0.717, 1.165) is 67.2 Å². The molecule has 4 nitrogen and oxygen atoms in total. The number of hydrogen-bond acceptors (Lipinski definition) is 4. The van der Waals surface area contributed by atoms with Crippen LogP contribution < -0.4 is 9.80 Å². The zero-order valence-electron chi connectivity index (χ0n) is 46.9. The average Bonchev–Trinajstić information content (AvgIpc) is 1.61. The second-order valence-electron chi connectivity index (χ2n) is 24.3. The minimum atomic E-state index is 0.470. The lowest BCUT2D eigenvalue weighted by molar-refractivity contribution is 0.442. The van der Waals surface area contributed by atoms with Crippen molar-refractivity contribution in [3.8, 4) is 0 Å². The Morgan fingerprint density at radius 3 is 1.08 bits per heavy atom. The Labute approximate surface area is 487 Å². The number of nitrogens with zero attached hydrogens (tertiary/aromatic N) is 2. The molecule has 0 unspecified atom stereocenters. The summed E-state index contributed by atoms with van der Waals surface area (Å²) in [6.07, 6.45) is 12.4. The van der Waals surface area contributed by atoms with Crippen LogP contribution in [0, 0.1) is 0 Å². The Bertz CT molecular complexity index is 4990. The second-order valence-corrected chi connectivity index (χ2v) is 24.3. The van der Waals surface area contributed by atoms with Gasteiger partial charge in [0.2, 0.25) is 0 Å². The summed E-state index contributed by atoms with van der Waals surface area (Å²) < 4.78 is 15.0. The number of para-hydroxylation sites is 2. The van der Waals surface area contributed by atoms with Crippen LogP contribution in [0.1, 0.15) is 87.2 Å². The average molecular weight is 1080 g/mol. The Hall–Kier alpha value is -9.64. The summed E-state index contributed by atoms with van der Waals surface area (Å²) in [5.41, 5.74) is 13.0. The minimum Gasteiger partial charge on any atom is -0.454 e. The van der Waals surface area contributed by atoms with Crippen LogP contribution in [0.3, 0.4) is 0 Å². The van der Waals surface area contributed by atoms with Gasteiger partial charge in [-0.05, 0) is 174 Å². The number of furan rings is 2. The predicted octanol–water partition coefficient (Wildman–Crippen LogP) is 24.0. The maximum absolute atomic E-state index is 7.52. The number of benzene rings is 14. The van der Waals surface area contributed by atoms with E-state index in [2.05, 4.69) is 240 Å². The van der Waals surface area contributed by atoms with Gasteiger partial charge >= 0.3 is 0 Å². The van der Waals surface area contributed by atoms with Gasteiger partial charge in [-0.25, -0.2) is 0 Å². The largest absolute Gasteiger partial charge is 0.454 e. The van der Waals surface area contributed by atoms with Crippen molar-refractivity contribution < 1.29 is 8.83 Å². The molecule has 16 aromatic rings. The molecule has 0 bridgehead atoms. The Morgan fingerprint density at radius 1 is 0.250 bits per heavy atom. The first kappa shape index (κ1) is 47.9. The molecule has 2 aromatic heterocycles. The molecule has 18 rings (SSSR count). The van der Waals surface area contributed by atoms with Crippen molar-refractivity contribution in [2.24, 2.45) is 0 Å². The van der Waals surface area contributed by atoms with Crippen LogP contribution in [0.15, 0.2) is 239 Å². The lowest BCUT2D eigenvalue weighted by atomic mass is 9.82. The molecule has 402 valence electrons. The normalized spacial score (nSPS) is 14.8. The Balaban J connectivity index is 0.889. The summed E-state index contributed by atoms with van der Waals surface area (Å²) >= 11 is 0. The Kier molecular flexibility index (Phi) is 10.8. The van der Waals surface area contributed by atoms with Crippen LogP contribution in [0.5, 0.6) is 0 Å². The van der Waals surface area contributed by atoms with E-state index in [1.165, 1.54) is 162 Å². The van der Waals surface area contributed by atoms with Crippen LogP contribution in [-0.2, 0) is 0 Å². The number of rotatable bonds is 8. The van der Waals surface area contributed by atoms with Crippen molar-refractivity contribution in [3.05, 3.63) is 242 Å². The van der Waals surface area contributed by atoms with Gasteiger partial charge in [0.1, 0.15) is 11.2 Å². The summed E-state index contributed by atoms with van der Waals surface area (Å²) in [6, 6.07) is 86.5. The zero-order valence-corrected chi connectivity index (χ0v) is 46.9. The van der Waals surface area contributed by atoms with Crippen molar-refractivity contribution in [1.82, 2.24) is 0 Å². The maximum Gasteiger partial charge on any atom is 0.159 e. The molecule has 84 heavy (non-hydrogen) atoms. The predicted molar refractivity (Wildman–Crippen MR) is 356 cm³/mol. The molecule has 2 fully saturated rings. The summed E-state index contributed by atoms with van der Waals surface area (Å²) in [5.74, 6) is 0.939. The van der Waals surface area contributed by atoms with E-state index in [1.807, 2.05) is 0 Å². The van der Waals surface area contributed by atoms with E-state index in [9.17, 15) is 0 Å². The van der Waals surface area contributed by atoms with Gasteiger partial charge in [0.15, 0.2) is 11.2 Å². The molecule has 0 saturated heterocycles. The number of fused-ring (bicyclic) bond motifs is 12. The fraction of sp³-hybridized carbons (Fsp3) is 0.150. The third kappa shape index (κ3) is 7.32. The summed E-state index contributed by atoms with van der Waals surface area (Å²) in [6.45, 7) is 0. The fourth-order valence-electron chi connectivity index (χ4n) is 15.7. The van der Waals surface area contributed by atoms with Gasteiger partial charge in [0.25, 0.3) is 0 Å². The van der Waals surface area contributed by atoms with Gasteiger partial charge in [-0.2, -0.15) is 0 Å². The van der Waals surface area contributed by atoms with E-state index in [0.29, 0.717) is 11.8 Å². The molecule has 4 heteroatoms. The van der Waals surface area contributed by atoms with Crippen LogP contribution in [-0.4, -0.2) is 0 Å². The first-order valence-electron chi connectivity index (χ1n) is 30.7. The molecule has 14 aromatic carbocycles. The van der Waals surface area contributed by atoms with Gasteiger partial charge < -0.3 is 18.6 Å². The van der Waals surface area contributed by atoms with E-state index >= 15 is 0 Å². The van der Waals surface area contributed by atoms with E-state index in [-0.39, 0.29) is 0 Å². The lowest BCUT2D eigenvalue weighted by Gasteiger charge is -2.29. The fourth-order valence-corrected chi connectivity index (χ4v) is 15.7. The molecule has 0 atom stereocenters. The summed E-state index contributed by atoms with van der Waals surface area (Å²) in [5, 5.41) is 21.8. The van der Waals surface area contributed by atoms with Crippen LogP contribution in [0.25, 0.3) is 119 Å². The van der Waals surface area contributed by atoms with Gasteiger partial charge in [-0.3, -0.25) is 0 Å². The molecule has 2 aliphatic carbocycles. The van der Waals surface area contributed by atoms with Crippen LogP contribution >= 0.6 is 0 Å². The van der Waals surface area contributed by atoms with Crippen LogP contribution in [0.2, 0.25) is 0 Å². The number of hydrogen-bond donors (Lipinski definition) is 0. The molecule has 2 saturated carbocycles. The van der Waals surface area contributed by atoms with Crippen molar-refractivity contribution in [2.45, 2.75) is 76.0 Å². The lowest BCUT2D eigenvalue weighted by Crippen LogP contribution is -2.12. The third-order valence-corrected chi connectivity index (χ3v) is 19.7. The van der Waals surface area contributed by atoms with Crippen molar-refractivity contribution in [3.63, 3.8) is 0 Å². The van der Waals surface area contributed by atoms with Crippen molar-refractivity contribution in [1.29, 1.82) is 0 Å². The highest BCUT2D eigenvalue weighted by atomic mass is 16.3.